The van der Waals surface area contributed by atoms with Crippen molar-refractivity contribution >= 4 is 11.6 Å². The molecular formula is C7H11ClO. The van der Waals surface area contributed by atoms with Gasteiger partial charge in [-0.1, -0.05) is 6.42 Å². The molecule has 52 valence electrons. The molecule has 1 aliphatic heterocycles. The summed E-state index contributed by atoms with van der Waals surface area (Å²) >= 11 is 5.72. The van der Waals surface area contributed by atoms with Crippen LogP contribution in [0, 0.1) is 5.92 Å². The quantitative estimate of drug-likeness (QED) is 0.406. The summed E-state index contributed by atoms with van der Waals surface area (Å²) in [5, 5.41) is 0. The molecule has 0 bridgehead atoms. The summed E-state index contributed by atoms with van der Waals surface area (Å²) in [4.78, 5) is 0. The van der Waals surface area contributed by atoms with E-state index in [1.54, 1.807) is 0 Å². The first-order valence-electron chi connectivity index (χ1n) is 3.63. The Morgan fingerprint density at radius 3 is 3.00 bits per heavy atom. The standard InChI is InChI=1S/C7H11ClO/c8-4-5-2-1-3-6-7(5)9-6/h5-7H,1-4H2. The number of hydrogen-bond acceptors (Lipinski definition) is 1. The van der Waals surface area contributed by atoms with Crippen molar-refractivity contribution in [1.29, 1.82) is 0 Å². The van der Waals surface area contributed by atoms with Crippen molar-refractivity contribution in [2.24, 2.45) is 5.92 Å². The monoisotopic (exact) mass is 146 g/mol. The third kappa shape index (κ3) is 0.968. The lowest BCUT2D eigenvalue weighted by atomic mass is 9.91. The maximum absolute atomic E-state index is 5.72. The van der Waals surface area contributed by atoms with E-state index in [0.29, 0.717) is 18.1 Å². The number of halogens is 1. The lowest BCUT2D eigenvalue weighted by Gasteiger charge is -2.13. The van der Waals surface area contributed by atoms with Crippen LogP contribution in [-0.2, 0) is 4.74 Å². The Labute approximate surface area is 60.3 Å². The Morgan fingerprint density at radius 1 is 1.44 bits per heavy atom. The Bertz CT molecular complexity index is 115. The molecule has 1 aliphatic carbocycles. The van der Waals surface area contributed by atoms with Crippen LogP contribution in [0.5, 0.6) is 0 Å². The van der Waals surface area contributed by atoms with Crippen LogP contribution in [0.3, 0.4) is 0 Å². The van der Waals surface area contributed by atoms with Gasteiger partial charge >= 0.3 is 0 Å². The van der Waals surface area contributed by atoms with Crippen molar-refractivity contribution in [3.8, 4) is 0 Å². The SMILES string of the molecule is ClCC1CCCC2OC12. The van der Waals surface area contributed by atoms with Gasteiger partial charge < -0.3 is 4.74 Å². The molecule has 0 amide bonds. The van der Waals surface area contributed by atoms with Gasteiger partial charge in [-0.15, -0.1) is 11.6 Å². The normalized spacial score (nSPS) is 48.3. The molecule has 2 fully saturated rings. The van der Waals surface area contributed by atoms with E-state index < -0.39 is 0 Å². The van der Waals surface area contributed by atoms with E-state index in [4.69, 9.17) is 16.3 Å². The van der Waals surface area contributed by atoms with Gasteiger partial charge in [-0.3, -0.25) is 0 Å². The number of alkyl halides is 1. The number of rotatable bonds is 1. The van der Waals surface area contributed by atoms with Crippen LogP contribution in [0.1, 0.15) is 19.3 Å². The molecule has 1 heterocycles. The molecule has 3 unspecified atom stereocenters. The highest BCUT2D eigenvalue weighted by molar-refractivity contribution is 6.18. The molecular weight excluding hydrogens is 136 g/mol. The van der Waals surface area contributed by atoms with Gasteiger partial charge in [0.2, 0.25) is 0 Å². The first-order chi connectivity index (χ1) is 4.42. The van der Waals surface area contributed by atoms with E-state index in [-0.39, 0.29) is 0 Å². The number of fused-ring (bicyclic) bond motifs is 1. The lowest BCUT2D eigenvalue weighted by Crippen LogP contribution is -2.17. The molecule has 2 aliphatic rings. The Balaban J connectivity index is 1.93. The predicted octanol–water partition coefficient (Wildman–Crippen LogP) is 1.79. The van der Waals surface area contributed by atoms with Crippen LogP contribution < -0.4 is 0 Å². The zero-order chi connectivity index (χ0) is 6.27. The Kier molecular flexibility index (Phi) is 1.42. The second-order valence-electron chi connectivity index (χ2n) is 2.98. The third-order valence-electron chi connectivity index (χ3n) is 2.35. The van der Waals surface area contributed by atoms with Crippen LogP contribution in [-0.4, -0.2) is 18.1 Å². The van der Waals surface area contributed by atoms with Gasteiger partial charge in [-0.25, -0.2) is 0 Å². The third-order valence-corrected chi connectivity index (χ3v) is 2.74. The molecule has 3 atom stereocenters. The lowest BCUT2D eigenvalue weighted by molar-refractivity contribution is 0.338. The van der Waals surface area contributed by atoms with Gasteiger partial charge in [0.15, 0.2) is 0 Å². The van der Waals surface area contributed by atoms with Crippen molar-refractivity contribution in [2.45, 2.75) is 31.5 Å². The van der Waals surface area contributed by atoms with Crippen LogP contribution >= 0.6 is 11.6 Å². The van der Waals surface area contributed by atoms with Gasteiger partial charge in [0.05, 0.1) is 12.2 Å². The average Bonchev–Trinajstić information content (AvgIpc) is 2.64. The summed E-state index contributed by atoms with van der Waals surface area (Å²) in [5.74, 6) is 1.46. The van der Waals surface area contributed by atoms with Crippen LogP contribution in [0.15, 0.2) is 0 Å². The minimum atomic E-state index is 0.552. The maximum atomic E-state index is 5.72. The highest BCUT2D eigenvalue weighted by atomic mass is 35.5. The fourth-order valence-corrected chi connectivity index (χ4v) is 2.04. The zero-order valence-electron chi connectivity index (χ0n) is 5.35. The molecule has 2 heteroatoms. The fourth-order valence-electron chi connectivity index (χ4n) is 1.71. The number of hydrogen-bond donors (Lipinski definition) is 0. The summed E-state index contributed by atoms with van der Waals surface area (Å²) in [7, 11) is 0. The molecule has 9 heavy (non-hydrogen) atoms. The average molecular weight is 147 g/mol. The van der Waals surface area contributed by atoms with Crippen molar-refractivity contribution in [3.63, 3.8) is 0 Å². The van der Waals surface area contributed by atoms with Crippen LogP contribution in [0.25, 0.3) is 0 Å². The van der Waals surface area contributed by atoms with Gasteiger partial charge in [0, 0.05) is 11.8 Å². The zero-order valence-corrected chi connectivity index (χ0v) is 6.10. The molecule has 0 aromatic carbocycles. The van der Waals surface area contributed by atoms with Gasteiger partial charge in [-0.2, -0.15) is 0 Å². The molecule has 0 N–H and O–H groups in total. The summed E-state index contributed by atoms with van der Waals surface area (Å²) < 4.78 is 5.40. The molecule has 1 saturated heterocycles. The minimum Gasteiger partial charge on any atom is -0.369 e. The predicted molar refractivity (Wildman–Crippen MR) is 36.7 cm³/mol. The molecule has 1 nitrogen and oxygen atoms in total. The van der Waals surface area contributed by atoms with Gasteiger partial charge in [0.25, 0.3) is 0 Å². The summed E-state index contributed by atoms with van der Waals surface area (Å²) in [5.41, 5.74) is 0. The first kappa shape index (κ1) is 5.99. The van der Waals surface area contributed by atoms with E-state index in [1.165, 1.54) is 19.3 Å². The highest BCUT2D eigenvalue weighted by Crippen LogP contribution is 2.40. The smallest absolute Gasteiger partial charge is 0.0881 e. The molecule has 0 radical (unpaired) electrons. The largest absolute Gasteiger partial charge is 0.369 e. The summed E-state index contributed by atoms with van der Waals surface area (Å²) in [6, 6.07) is 0. The first-order valence-corrected chi connectivity index (χ1v) is 4.16. The summed E-state index contributed by atoms with van der Waals surface area (Å²) in [6.07, 6.45) is 5.03. The highest BCUT2D eigenvalue weighted by Gasteiger charge is 2.46. The second-order valence-corrected chi connectivity index (χ2v) is 3.29. The molecule has 2 rings (SSSR count). The van der Waals surface area contributed by atoms with Gasteiger partial charge in [-0.05, 0) is 12.8 Å². The van der Waals surface area contributed by atoms with Crippen molar-refractivity contribution < 1.29 is 4.74 Å². The van der Waals surface area contributed by atoms with E-state index in [0.717, 1.165) is 5.88 Å². The van der Waals surface area contributed by atoms with E-state index >= 15 is 0 Å². The fraction of sp³-hybridized carbons (Fsp3) is 1.00. The topological polar surface area (TPSA) is 12.5 Å². The molecule has 0 aromatic rings. The van der Waals surface area contributed by atoms with Crippen LogP contribution in [0.2, 0.25) is 0 Å². The number of epoxide rings is 1. The van der Waals surface area contributed by atoms with Crippen LogP contribution in [0.4, 0.5) is 0 Å². The Morgan fingerprint density at radius 2 is 2.33 bits per heavy atom. The Hall–Kier alpha value is 0.250. The van der Waals surface area contributed by atoms with Crippen molar-refractivity contribution in [3.05, 3.63) is 0 Å². The maximum Gasteiger partial charge on any atom is 0.0881 e. The second kappa shape index (κ2) is 2.14. The summed E-state index contributed by atoms with van der Waals surface area (Å²) in [6.45, 7) is 0. The van der Waals surface area contributed by atoms with Crippen molar-refractivity contribution in [1.82, 2.24) is 0 Å². The minimum absolute atomic E-state index is 0.552. The van der Waals surface area contributed by atoms with Gasteiger partial charge in [0.1, 0.15) is 0 Å². The molecule has 0 spiro atoms. The van der Waals surface area contributed by atoms with E-state index in [1.807, 2.05) is 0 Å². The molecule has 0 aromatic heterocycles. The van der Waals surface area contributed by atoms with E-state index in [9.17, 15) is 0 Å². The molecule has 1 saturated carbocycles. The number of ether oxygens (including phenoxy) is 1. The van der Waals surface area contributed by atoms with Crippen molar-refractivity contribution in [2.75, 3.05) is 5.88 Å². The van der Waals surface area contributed by atoms with E-state index in [2.05, 4.69) is 0 Å².